The number of fused-ring (bicyclic) bond motifs is 1. The highest BCUT2D eigenvalue weighted by Crippen LogP contribution is 2.51. The molecule has 1 fully saturated rings. The maximum atomic E-state index is 12.9. The molecule has 0 spiro atoms. The van der Waals surface area contributed by atoms with Crippen LogP contribution >= 0.6 is 0 Å². The topological polar surface area (TPSA) is 74.6 Å². The van der Waals surface area contributed by atoms with Crippen molar-refractivity contribution in [2.24, 2.45) is 10.8 Å². The van der Waals surface area contributed by atoms with Crippen LogP contribution in [0.1, 0.15) is 53.4 Å². The number of aliphatic hydroxyl groups is 1. The van der Waals surface area contributed by atoms with Gasteiger partial charge in [-0.3, -0.25) is 9.59 Å². The van der Waals surface area contributed by atoms with E-state index in [0.29, 0.717) is 30.5 Å². The summed E-state index contributed by atoms with van der Waals surface area (Å²) in [6.07, 6.45) is 4.05. The summed E-state index contributed by atoms with van der Waals surface area (Å²) < 4.78 is 1.70. The zero-order valence-corrected chi connectivity index (χ0v) is 19.8. The molecule has 1 amide bonds. The number of pyridine rings is 1. The highest BCUT2D eigenvalue weighted by molar-refractivity contribution is 6.02. The summed E-state index contributed by atoms with van der Waals surface area (Å²) in [4.78, 5) is 27.8. The Morgan fingerprint density at radius 3 is 2.32 bits per heavy atom. The summed E-state index contributed by atoms with van der Waals surface area (Å²) in [5.41, 5.74) is -0.525. The van der Waals surface area contributed by atoms with Crippen LogP contribution in [0.4, 0.5) is 5.69 Å². The van der Waals surface area contributed by atoms with Gasteiger partial charge in [-0.05, 0) is 62.4 Å². The van der Waals surface area contributed by atoms with Crippen molar-refractivity contribution in [3.05, 3.63) is 40.8 Å². The smallest absolute Gasteiger partial charge is 0.258 e. The zero-order valence-electron chi connectivity index (χ0n) is 19.8. The Hall–Kier alpha value is -2.18. The Bertz CT molecular complexity index is 1000. The van der Waals surface area contributed by atoms with Crippen molar-refractivity contribution < 1.29 is 9.90 Å². The number of rotatable bonds is 6. The molecule has 1 aliphatic carbocycles. The second-order valence-electron chi connectivity index (χ2n) is 11.2. The molecule has 1 aromatic heterocycles. The molecule has 6 nitrogen and oxygen atoms in total. The predicted molar refractivity (Wildman–Crippen MR) is 126 cm³/mol. The molecule has 170 valence electrons. The number of likely N-dealkylation sites (N-methyl/N-ethyl adjacent to an activating group) is 1. The molecule has 0 saturated heterocycles. The molecule has 6 heteroatoms. The second kappa shape index (κ2) is 8.40. The number of nitrogens with one attached hydrogen (secondary N) is 1. The second-order valence-corrected chi connectivity index (χ2v) is 11.2. The normalized spacial score (nSPS) is 19.5. The van der Waals surface area contributed by atoms with Gasteiger partial charge in [0.15, 0.2) is 0 Å². The van der Waals surface area contributed by atoms with Crippen LogP contribution in [-0.2, 0) is 11.3 Å². The van der Waals surface area contributed by atoms with E-state index in [1.165, 1.54) is 0 Å². The van der Waals surface area contributed by atoms with Gasteiger partial charge in [-0.15, -0.1) is 0 Å². The first kappa shape index (κ1) is 23.5. The van der Waals surface area contributed by atoms with Crippen molar-refractivity contribution >= 4 is 22.4 Å². The molecule has 1 aromatic carbocycles. The lowest BCUT2D eigenvalue weighted by Gasteiger charge is -2.49. The third-order valence-electron chi connectivity index (χ3n) is 6.14. The average Bonchev–Trinajstić information content (AvgIpc) is 2.57. The van der Waals surface area contributed by atoms with E-state index < -0.39 is 5.60 Å². The number of aromatic nitrogens is 1. The minimum absolute atomic E-state index is 0.0200. The van der Waals surface area contributed by atoms with Gasteiger partial charge in [-0.1, -0.05) is 33.8 Å². The first-order valence-electron chi connectivity index (χ1n) is 11.1. The standard InChI is InChI=1S/C25H37N3O3/c1-23(2)15-24(3,4)17-25(31,16-23)14-21(29)26-20-9-7-8-19-18(20)10-11-28(22(19)30)13-12-27(5)6/h7-11,31H,12-17H2,1-6H3,(H,26,29). The van der Waals surface area contributed by atoms with E-state index in [1.807, 2.05) is 31.1 Å². The molecule has 0 atom stereocenters. The molecule has 1 saturated carbocycles. The number of hydrogen-bond acceptors (Lipinski definition) is 4. The van der Waals surface area contributed by atoms with Crippen molar-refractivity contribution in [2.45, 2.75) is 65.5 Å². The fourth-order valence-electron chi connectivity index (χ4n) is 5.79. The molecular weight excluding hydrogens is 390 g/mol. The van der Waals surface area contributed by atoms with Crippen LogP contribution in [0.3, 0.4) is 0 Å². The van der Waals surface area contributed by atoms with Gasteiger partial charge in [0.05, 0.1) is 12.0 Å². The summed E-state index contributed by atoms with van der Waals surface area (Å²) in [6.45, 7) is 10.0. The van der Waals surface area contributed by atoms with E-state index in [1.54, 1.807) is 22.9 Å². The molecule has 0 unspecified atom stereocenters. The van der Waals surface area contributed by atoms with Crippen LogP contribution in [0.5, 0.6) is 0 Å². The molecule has 31 heavy (non-hydrogen) atoms. The Morgan fingerprint density at radius 2 is 1.71 bits per heavy atom. The fourth-order valence-corrected chi connectivity index (χ4v) is 5.79. The van der Waals surface area contributed by atoms with E-state index in [-0.39, 0.29) is 28.7 Å². The monoisotopic (exact) mass is 427 g/mol. The van der Waals surface area contributed by atoms with E-state index in [0.717, 1.165) is 18.4 Å². The van der Waals surface area contributed by atoms with Gasteiger partial charge in [0.2, 0.25) is 5.91 Å². The van der Waals surface area contributed by atoms with Gasteiger partial charge in [0, 0.05) is 35.7 Å². The molecular formula is C25H37N3O3. The van der Waals surface area contributed by atoms with Crippen molar-refractivity contribution in [3.63, 3.8) is 0 Å². The van der Waals surface area contributed by atoms with Crippen LogP contribution < -0.4 is 10.9 Å². The lowest BCUT2D eigenvalue weighted by atomic mass is 9.59. The molecule has 2 N–H and O–H groups in total. The number of benzene rings is 1. The maximum absolute atomic E-state index is 12.9. The van der Waals surface area contributed by atoms with Crippen LogP contribution in [0.25, 0.3) is 10.8 Å². The van der Waals surface area contributed by atoms with Gasteiger partial charge in [-0.2, -0.15) is 0 Å². The van der Waals surface area contributed by atoms with Crippen molar-refractivity contribution in [1.82, 2.24) is 9.47 Å². The van der Waals surface area contributed by atoms with Crippen molar-refractivity contribution in [3.8, 4) is 0 Å². The summed E-state index contributed by atoms with van der Waals surface area (Å²) >= 11 is 0. The molecule has 0 aliphatic heterocycles. The number of nitrogens with zero attached hydrogens (tertiary/aromatic N) is 2. The van der Waals surface area contributed by atoms with Crippen LogP contribution in [0.2, 0.25) is 0 Å². The third-order valence-corrected chi connectivity index (χ3v) is 6.14. The van der Waals surface area contributed by atoms with Crippen molar-refractivity contribution in [2.75, 3.05) is 26.0 Å². The van der Waals surface area contributed by atoms with Crippen molar-refractivity contribution in [1.29, 1.82) is 0 Å². The van der Waals surface area contributed by atoms with Crippen LogP contribution in [0, 0.1) is 10.8 Å². The quantitative estimate of drug-likeness (QED) is 0.734. The Balaban J connectivity index is 1.81. The van der Waals surface area contributed by atoms with Gasteiger partial charge < -0.3 is 19.9 Å². The molecule has 1 aliphatic rings. The van der Waals surface area contributed by atoms with Gasteiger partial charge in [0.25, 0.3) is 5.56 Å². The van der Waals surface area contributed by atoms with E-state index >= 15 is 0 Å². The Labute approximate surface area is 185 Å². The first-order chi connectivity index (χ1) is 14.3. The van der Waals surface area contributed by atoms with Gasteiger partial charge >= 0.3 is 0 Å². The lowest BCUT2D eigenvalue weighted by Crippen LogP contribution is -2.47. The first-order valence-corrected chi connectivity index (χ1v) is 11.1. The average molecular weight is 428 g/mol. The largest absolute Gasteiger partial charge is 0.389 e. The molecule has 2 aromatic rings. The minimum Gasteiger partial charge on any atom is -0.389 e. The molecule has 0 bridgehead atoms. The predicted octanol–water partition coefficient (Wildman–Crippen LogP) is 3.86. The summed E-state index contributed by atoms with van der Waals surface area (Å²) in [5.74, 6) is -0.222. The summed E-state index contributed by atoms with van der Waals surface area (Å²) in [6, 6.07) is 7.27. The van der Waals surface area contributed by atoms with E-state index in [2.05, 4.69) is 33.0 Å². The molecule has 0 radical (unpaired) electrons. The Kier molecular flexibility index (Phi) is 6.36. The van der Waals surface area contributed by atoms with Crippen LogP contribution in [-0.4, -0.2) is 46.7 Å². The maximum Gasteiger partial charge on any atom is 0.258 e. The van der Waals surface area contributed by atoms with Crippen LogP contribution in [0.15, 0.2) is 35.3 Å². The number of hydrogen-bond donors (Lipinski definition) is 2. The highest BCUT2D eigenvalue weighted by Gasteiger charge is 2.47. The van der Waals surface area contributed by atoms with E-state index in [4.69, 9.17) is 0 Å². The highest BCUT2D eigenvalue weighted by atomic mass is 16.3. The number of carbonyl (C=O) groups is 1. The molecule has 3 rings (SSSR count). The van der Waals surface area contributed by atoms with E-state index in [9.17, 15) is 14.7 Å². The summed E-state index contributed by atoms with van der Waals surface area (Å²) in [7, 11) is 3.95. The third kappa shape index (κ3) is 5.74. The zero-order chi connectivity index (χ0) is 23.0. The number of amides is 1. The van der Waals surface area contributed by atoms with Gasteiger partial charge in [-0.25, -0.2) is 0 Å². The number of carbonyl (C=O) groups excluding carboxylic acids is 1. The SMILES string of the molecule is CN(C)CCn1ccc2c(NC(=O)CC3(O)CC(C)(C)CC(C)(C)C3)cccc2c1=O. The minimum atomic E-state index is -1.03. The Morgan fingerprint density at radius 1 is 1.06 bits per heavy atom. The van der Waals surface area contributed by atoms with Gasteiger partial charge in [0.1, 0.15) is 0 Å². The lowest BCUT2D eigenvalue weighted by molar-refractivity contribution is -0.130. The number of anilines is 1. The fraction of sp³-hybridized carbons (Fsp3) is 0.600. The molecule has 1 heterocycles. The summed E-state index contributed by atoms with van der Waals surface area (Å²) in [5, 5.41) is 15.5.